The van der Waals surface area contributed by atoms with Crippen molar-refractivity contribution in [3.8, 4) is 10.6 Å². The first kappa shape index (κ1) is 16.4. The number of carbonyl (C=O) groups is 1. The Hall–Kier alpha value is -1.50. The molecule has 1 aromatic carbocycles. The van der Waals surface area contributed by atoms with Gasteiger partial charge in [0.25, 0.3) is 0 Å². The summed E-state index contributed by atoms with van der Waals surface area (Å²) in [5.74, 6) is -0.0181. The van der Waals surface area contributed by atoms with Crippen molar-refractivity contribution >= 4 is 44.5 Å². The quantitative estimate of drug-likeness (QED) is 0.643. The average molecular weight is 407 g/mol. The van der Waals surface area contributed by atoms with Crippen molar-refractivity contribution in [1.82, 2.24) is 10.3 Å². The molecule has 0 saturated heterocycles. The summed E-state index contributed by atoms with van der Waals surface area (Å²) in [5.41, 5.74) is 3.00. The van der Waals surface area contributed by atoms with Crippen LogP contribution in [0.15, 0.2) is 50.9 Å². The molecule has 3 rings (SSSR count). The predicted octanol–water partition coefficient (Wildman–Crippen LogP) is 5.05. The van der Waals surface area contributed by atoms with Gasteiger partial charge < -0.3 is 5.32 Å². The predicted molar refractivity (Wildman–Crippen MR) is 99.8 cm³/mol. The largest absolute Gasteiger partial charge is 0.349 e. The molecule has 0 aliphatic rings. The fourth-order valence-corrected chi connectivity index (χ4v) is 4.43. The Morgan fingerprint density at radius 1 is 1.30 bits per heavy atom. The number of thiophene rings is 1. The molecule has 0 radical (unpaired) electrons. The molecule has 2 heterocycles. The number of rotatable bonds is 5. The number of amides is 1. The molecule has 0 aliphatic heterocycles. The first-order valence-corrected chi connectivity index (χ1v) is 9.76. The fourth-order valence-electron chi connectivity index (χ4n) is 2.27. The Labute approximate surface area is 151 Å². The first-order chi connectivity index (χ1) is 11.1. The summed E-state index contributed by atoms with van der Waals surface area (Å²) in [6, 6.07) is 9.91. The normalized spacial score (nSPS) is 12.1. The smallest absolute Gasteiger partial charge is 0.226 e. The molecule has 1 N–H and O–H groups in total. The molecule has 118 valence electrons. The second-order valence-corrected chi connectivity index (χ2v) is 7.64. The first-order valence-electron chi connectivity index (χ1n) is 7.14. The average Bonchev–Trinajstić information content (AvgIpc) is 3.18. The molecular weight excluding hydrogens is 392 g/mol. The van der Waals surface area contributed by atoms with Crippen molar-refractivity contribution in [1.29, 1.82) is 0 Å². The molecule has 0 aliphatic carbocycles. The van der Waals surface area contributed by atoms with Crippen LogP contribution >= 0.6 is 38.6 Å². The summed E-state index contributed by atoms with van der Waals surface area (Å²) < 4.78 is 1.00. The maximum atomic E-state index is 12.2. The van der Waals surface area contributed by atoms with Gasteiger partial charge >= 0.3 is 0 Å². The highest BCUT2D eigenvalue weighted by Crippen LogP contribution is 2.26. The lowest BCUT2D eigenvalue weighted by Crippen LogP contribution is -2.28. The molecule has 1 amide bonds. The topological polar surface area (TPSA) is 42.0 Å². The van der Waals surface area contributed by atoms with Gasteiger partial charge in [0.15, 0.2) is 0 Å². The highest BCUT2D eigenvalue weighted by atomic mass is 79.9. The zero-order valence-electron chi connectivity index (χ0n) is 12.5. The van der Waals surface area contributed by atoms with Gasteiger partial charge in [-0.1, -0.05) is 34.1 Å². The number of benzene rings is 1. The number of halogens is 1. The van der Waals surface area contributed by atoms with Gasteiger partial charge in [0, 0.05) is 20.8 Å². The van der Waals surface area contributed by atoms with Gasteiger partial charge in [-0.05, 0) is 30.0 Å². The van der Waals surface area contributed by atoms with E-state index in [-0.39, 0.29) is 11.9 Å². The summed E-state index contributed by atoms with van der Waals surface area (Å²) in [7, 11) is 0. The Morgan fingerprint density at radius 3 is 2.87 bits per heavy atom. The number of nitrogens with one attached hydrogen (secondary N) is 1. The van der Waals surface area contributed by atoms with Gasteiger partial charge in [0.1, 0.15) is 5.01 Å². The van der Waals surface area contributed by atoms with Crippen molar-refractivity contribution in [3.05, 3.63) is 62.2 Å². The second-order valence-electron chi connectivity index (χ2n) is 5.14. The van der Waals surface area contributed by atoms with Gasteiger partial charge in [-0.25, -0.2) is 4.98 Å². The maximum absolute atomic E-state index is 12.2. The summed E-state index contributed by atoms with van der Waals surface area (Å²) in [6.07, 6.45) is 0.301. The number of hydrogen-bond acceptors (Lipinski definition) is 4. The van der Waals surface area contributed by atoms with E-state index in [1.807, 2.05) is 48.0 Å². The van der Waals surface area contributed by atoms with Crippen LogP contribution in [0, 0.1) is 0 Å². The molecule has 3 aromatic rings. The Morgan fingerprint density at radius 2 is 2.13 bits per heavy atom. The van der Waals surface area contributed by atoms with E-state index in [9.17, 15) is 4.79 Å². The van der Waals surface area contributed by atoms with Crippen molar-refractivity contribution < 1.29 is 4.79 Å². The highest BCUT2D eigenvalue weighted by molar-refractivity contribution is 9.10. The van der Waals surface area contributed by atoms with Crippen LogP contribution in [0.3, 0.4) is 0 Å². The van der Waals surface area contributed by atoms with E-state index in [1.54, 1.807) is 22.7 Å². The molecule has 0 fully saturated rings. The lowest BCUT2D eigenvalue weighted by Gasteiger charge is -2.15. The van der Waals surface area contributed by atoms with Crippen LogP contribution < -0.4 is 5.32 Å². The van der Waals surface area contributed by atoms with Crippen LogP contribution in [0.2, 0.25) is 0 Å². The van der Waals surface area contributed by atoms with Crippen LogP contribution in [0.4, 0.5) is 0 Å². The lowest BCUT2D eigenvalue weighted by atomic mass is 10.1. The van der Waals surface area contributed by atoms with Gasteiger partial charge in [0.2, 0.25) is 5.91 Å². The zero-order chi connectivity index (χ0) is 16.2. The lowest BCUT2D eigenvalue weighted by molar-refractivity contribution is -0.121. The maximum Gasteiger partial charge on any atom is 0.226 e. The van der Waals surface area contributed by atoms with E-state index in [0.717, 1.165) is 26.3 Å². The van der Waals surface area contributed by atoms with Crippen LogP contribution in [0.1, 0.15) is 24.2 Å². The number of hydrogen-bond donors (Lipinski definition) is 1. The third-order valence-corrected chi connectivity index (χ3v) is 5.76. The van der Waals surface area contributed by atoms with Gasteiger partial charge in [0.05, 0.1) is 18.2 Å². The SMILES string of the molecule is C[C@@H](NC(=O)Cc1csc(-c2ccsc2)n1)c1ccccc1Br. The van der Waals surface area contributed by atoms with Crippen LogP contribution in [-0.2, 0) is 11.2 Å². The van der Waals surface area contributed by atoms with E-state index < -0.39 is 0 Å². The van der Waals surface area contributed by atoms with E-state index in [0.29, 0.717) is 6.42 Å². The number of carbonyl (C=O) groups excluding carboxylic acids is 1. The van der Waals surface area contributed by atoms with Crippen molar-refractivity contribution in [2.45, 2.75) is 19.4 Å². The van der Waals surface area contributed by atoms with Crippen molar-refractivity contribution in [3.63, 3.8) is 0 Å². The second kappa shape index (κ2) is 7.38. The number of aromatic nitrogens is 1. The third-order valence-electron chi connectivity index (χ3n) is 3.41. The summed E-state index contributed by atoms with van der Waals surface area (Å²) in [4.78, 5) is 16.8. The molecular formula is C17H15BrN2OS2. The summed E-state index contributed by atoms with van der Waals surface area (Å²) in [6.45, 7) is 1.98. The number of nitrogens with zero attached hydrogens (tertiary/aromatic N) is 1. The molecule has 6 heteroatoms. The standard InChI is InChI=1S/C17H15BrN2OS2/c1-11(14-4-2-3-5-15(14)18)19-16(21)8-13-10-23-17(20-13)12-6-7-22-9-12/h2-7,9-11H,8H2,1H3,(H,19,21)/t11-/m1/s1. The highest BCUT2D eigenvalue weighted by Gasteiger charge is 2.14. The zero-order valence-corrected chi connectivity index (χ0v) is 15.7. The minimum absolute atomic E-state index is 0.0181. The van der Waals surface area contributed by atoms with Crippen LogP contribution in [-0.4, -0.2) is 10.9 Å². The van der Waals surface area contributed by atoms with Gasteiger partial charge in [-0.3, -0.25) is 4.79 Å². The van der Waals surface area contributed by atoms with E-state index in [1.165, 1.54) is 0 Å². The Balaban J connectivity index is 1.62. The summed E-state index contributed by atoms with van der Waals surface area (Å²) >= 11 is 6.74. The minimum Gasteiger partial charge on any atom is -0.349 e. The van der Waals surface area contributed by atoms with Gasteiger partial charge in [-0.2, -0.15) is 11.3 Å². The van der Waals surface area contributed by atoms with Gasteiger partial charge in [-0.15, -0.1) is 11.3 Å². The Bertz CT molecular complexity index is 799. The molecule has 0 saturated carbocycles. The van der Waals surface area contributed by atoms with Crippen molar-refractivity contribution in [2.24, 2.45) is 0 Å². The van der Waals surface area contributed by atoms with E-state index in [4.69, 9.17) is 0 Å². The Kier molecular flexibility index (Phi) is 5.25. The van der Waals surface area contributed by atoms with Crippen molar-refractivity contribution in [2.75, 3.05) is 0 Å². The monoisotopic (exact) mass is 406 g/mol. The number of thiazole rings is 1. The molecule has 0 bridgehead atoms. The molecule has 23 heavy (non-hydrogen) atoms. The van der Waals surface area contributed by atoms with Crippen LogP contribution in [0.5, 0.6) is 0 Å². The molecule has 0 unspecified atom stereocenters. The molecule has 2 aromatic heterocycles. The van der Waals surface area contributed by atoms with E-state index >= 15 is 0 Å². The fraction of sp³-hybridized carbons (Fsp3) is 0.176. The minimum atomic E-state index is -0.0481. The van der Waals surface area contributed by atoms with Crippen LogP contribution in [0.25, 0.3) is 10.6 Å². The molecule has 1 atom stereocenters. The summed E-state index contributed by atoms with van der Waals surface area (Å²) in [5, 5.41) is 10.0. The third kappa shape index (κ3) is 4.07. The molecule has 0 spiro atoms. The molecule has 3 nitrogen and oxygen atoms in total. The van der Waals surface area contributed by atoms with E-state index in [2.05, 4.69) is 31.6 Å².